The van der Waals surface area contributed by atoms with Crippen molar-refractivity contribution in [2.75, 3.05) is 4.90 Å². The fourth-order valence-electron chi connectivity index (χ4n) is 3.09. The van der Waals surface area contributed by atoms with Crippen LogP contribution in [0.2, 0.25) is 0 Å². The first-order valence-electron chi connectivity index (χ1n) is 8.17. The number of nitrogens with one attached hydrogen (secondary N) is 1. The van der Waals surface area contributed by atoms with Crippen LogP contribution < -0.4 is 10.2 Å². The molecule has 3 amide bonds. The highest BCUT2D eigenvalue weighted by Crippen LogP contribution is 2.32. The van der Waals surface area contributed by atoms with Crippen LogP contribution in [0.15, 0.2) is 66.4 Å². The second kappa shape index (κ2) is 6.32. The van der Waals surface area contributed by atoms with E-state index >= 15 is 0 Å². The van der Waals surface area contributed by atoms with Crippen molar-refractivity contribution in [2.45, 2.75) is 0 Å². The van der Waals surface area contributed by atoms with Gasteiger partial charge in [-0.1, -0.05) is 42.5 Å². The lowest BCUT2D eigenvalue weighted by atomic mass is 10.0. The van der Waals surface area contributed by atoms with E-state index in [4.69, 9.17) is 0 Å². The van der Waals surface area contributed by atoms with Gasteiger partial charge in [-0.2, -0.15) is 5.26 Å². The molecule has 3 aromatic carbocycles. The van der Waals surface area contributed by atoms with Crippen molar-refractivity contribution in [1.29, 1.82) is 5.26 Å². The van der Waals surface area contributed by atoms with Crippen LogP contribution in [0, 0.1) is 11.3 Å². The molecule has 1 aliphatic heterocycles. The fraction of sp³-hybridized carbons (Fsp3) is 0. The van der Waals surface area contributed by atoms with Crippen LogP contribution >= 0.6 is 0 Å². The monoisotopic (exact) mass is 355 g/mol. The van der Waals surface area contributed by atoms with Gasteiger partial charge in [-0.15, -0.1) is 0 Å². The summed E-state index contributed by atoms with van der Waals surface area (Å²) in [5.74, 6) is -0.521. The first kappa shape index (κ1) is 16.4. The topological polar surface area (TPSA) is 93.4 Å². The van der Waals surface area contributed by atoms with Crippen molar-refractivity contribution in [2.24, 2.45) is 0 Å². The lowest BCUT2D eigenvalue weighted by Gasteiger charge is -2.15. The van der Waals surface area contributed by atoms with E-state index < -0.39 is 11.9 Å². The van der Waals surface area contributed by atoms with Crippen molar-refractivity contribution >= 4 is 34.5 Å². The Labute approximate surface area is 154 Å². The third-order valence-electron chi connectivity index (χ3n) is 4.38. The number of benzene rings is 3. The van der Waals surface area contributed by atoms with Gasteiger partial charge >= 0.3 is 6.03 Å². The molecule has 0 radical (unpaired) electrons. The number of anilines is 1. The van der Waals surface area contributed by atoms with E-state index in [1.165, 1.54) is 12.1 Å². The van der Waals surface area contributed by atoms with Gasteiger partial charge in [0.2, 0.25) is 0 Å². The minimum absolute atomic E-state index is 0.00863. The lowest BCUT2D eigenvalue weighted by Crippen LogP contribution is -2.30. The Morgan fingerprint density at radius 1 is 0.963 bits per heavy atom. The van der Waals surface area contributed by atoms with E-state index in [1.54, 1.807) is 54.6 Å². The molecule has 6 heteroatoms. The summed E-state index contributed by atoms with van der Waals surface area (Å²) >= 11 is 0. The van der Waals surface area contributed by atoms with Crippen molar-refractivity contribution in [3.05, 3.63) is 77.5 Å². The normalized spacial score (nSPS) is 15.2. The molecule has 6 nitrogen and oxygen atoms in total. The number of hydrogen-bond acceptors (Lipinski definition) is 4. The number of amides is 3. The molecule has 1 saturated heterocycles. The molecular formula is C21H13N3O3. The second-order valence-corrected chi connectivity index (χ2v) is 5.98. The van der Waals surface area contributed by atoms with Crippen LogP contribution in [-0.4, -0.2) is 17.0 Å². The molecule has 1 fully saturated rings. The molecule has 2 N–H and O–H groups in total. The molecule has 1 heterocycles. The molecule has 0 bridgehead atoms. The van der Waals surface area contributed by atoms with E-state index in [0.717, 1.165) is 4.90 Å². The minimum atomic E-state index is -0.587. The average Bonchev–Trinajstić information content (AvgIpc) is 2.96. The van der Waals surface area contributed by atoms with Gasteiger partial charge in [0.15, 0.2) is 0 Å². The molecule has 130 valence electrons. The number of urea groups is 1. The number of carbonyl (C=O) groups excluding carboxylic acids is 2. The summed E-state index contributed by atoms with van der Waals surface area (Å²) in [5, 5.41) is 23.0. The Morgan fingerprint density at radius 2 is 1.67 bits per heavy atom. The highest BCUT2D eigenvalue weighted by Gasteiger charge is 2.36. The van der Waals surface area contributed by atoms with Crippen molar-refractivity contribution in [3.8, 4) is 11.8 Å². The number of phenolic OH excluding ortho intramolecular Hbond substituents is 1. The zero-order chi connectivity index (χ0) is 19.0. The number of carbonyl (C=O) groups is 2. The number of phenols is 1. The number of aromatic hydroxyl groups is 1. The zero-order valence-electron chi connectivity index (χ0n) is 14.0. The van der Waals surface area contributed by atoms with E-state index in [2.05, 4.69) is 11.4 Å². The molecule has 0 aliphatic carbocycles. The Kier molecular flexibility index (Phi) is 3.83. The van der Waals surface area contributed by atoms with Gasteiger partial charge in [0.1, 0.15) is 11.4 Å². The second-order valence-electron chi connectivity index (χ2n) is 5.98. The molecule has 0 atom stereocenters. The van der Waals surface area contributed by atoms with Crippen molar-refractivity contribution < 1.29 is 14.7 Å². The highest BCUT2D eigenvalue weighted by molar-refractivity contribution is 6.30. The predicted molar refractivity (Wildman–Crippen MR) is 101 cm³/mol. The highest BCUT2D eigenvalue weighted by atomic mass is 16.3. The van der Waals surface area contributed by atoms with Gasteiger partial charge in [0.05, 0.1) is 17.3 Å². The largest absolute Gasteiger partial charge is 0.507 e. The standard InChI is InChI=1S/C21H13N3O3/c22-12-14-9-10-18(16-7-3-2-6-15(14)16)24-20(26)17(23-21(24)27)11-13-5-1-4-8-19(13)25/h1-11,25H,(H,23,27)/b17-11-. The quantitative estimate of drug-likeness (QED) is 0.543. The summed E-state index contributed by atoms with van der Waals surface area (Å²) < 4.78 is 0. The van der Waals surface area contributed by atoms with Gasteiger partial charge in [0, 0.05) is 16.3 Å². The lowest BCUT2D eigenvalue weighted by molar-refractivity contribution is -0.113. The molecule has 0 aromatic heterocycles. The summed E-state index contributed by atoms with van der Waals surface area (Å²) in [5.41, 5.74) is 1.35. The van der Waals surface area contributed by atoms with Gasteiger partial charge in [-0.3, -0.25) is 4.79 Å². The maximum Gasteiger partial charge on any atom is 0.333 e. The van der Waals surface area contributed by atoms with Crippen molar-refractivity contribution in [1.82, 2.24) is 5.32 Å². The van der Waals surface area contributed by atoms with E-state index in [0.29, 0.717) is 27.6 Å². The summed E-state index contributed by atoms with van der Waals surface area (Å²) in [6, 6.07) is 18.3. The maximum absolute atomic E-state index is 12.9. The molecule has 3 aromatic rings. The average molecular weight is 355 g/mol. The molecule has 0 spiro atoms. The van der Waals surface area contributed by atoms with Crippen LogP contribution in [0.3, 0.4) is 0 Å². The first-order chi connectivity index (χ1) is 13.1. The third-order valence-corrected chi connectivity index (χ3v) is 4.38. The summed E-state index contributed by atoms with van der Waals surface area (Å²) in [6.45, 7) is 0. The molecular weight excluding hydrogens is 342 g/mol. The zero-order valence-corrected chi connectivity index (χ0v) is 14.0. The van der Waals surface area contributed by atoms with Crippen molar-refractivity contribution in [3.63, 3.8) is 0 Å². The number of fused-ring (bicyclic) bond motifs is 1. The Morgan fingerprint density at radius 3 is 2.41 bits per heavy atom. The Balaban J connectivity index is 1.82. The number of hydrogen-bond donors (Lipinski definition) is 2. The first-order valence-corrected chi connectivity index (χ1v) is 8.17. The number of nitrogens with zero attached hydrogens (tertiary/aromatic N) is 2. The van der Waals surface area contributed by atoms with E-state index in [1.807, 2.05) is 0 Å². The van der Waals surface area contributed by atoms with E-state index in [-0.39, 0.29) is 11.4 Å². The Hall–Kier alpha value is -4.11. The van der Waals surface area contributed by atoms with Gasteiger partial charge in [-0.25, -0.2) is 9.69 Å². The van der Waals surface area contributed by atoms with Gasteiger partial charge < -0.3 is 10.4 Å². The van der Waals surface area contributed by atoms with Gasteiger partial charge in [0.25, 0.3) is 5.91 Å². The summed E-state index contributed by atoms with van der Waals surface area (Å²) in [4.78, 5) is 26.4. The molecule has 0 unspecified atom stereocenters. The minimum Gasteiger partial charge on any atom is -0.507 e. The SMILES string of the molecule is N#Cc1ccc(N2C(=O)N/C(=C\c3ccccc3O)C2=O)c2ccccc12. The molecule has 1 aliphatic rings. The van der Waals surface area contributed by atoms with Crippen LogP contribution in [-0.2, 0) is 4.79 Å². The van der Waals surface area contributed by atoms with Gasteiger partial charge in [-0.05, 0) is 24.3 Å². The molecule has 4 rings (SSSR count). The number of rotatable bonds is 2. The van der Waals surface area contributed by atoms with Crippen LogP contribution in [0.1, 0.15) is 11.1 Å². The fourth-order valence-corrected chi connectivity index (χ4v) is 3.09. The molecule has 0 saturated carbocycles. The smallest absolute Gasteiger partial charge is 0.333 e. The van der Waals surface area contributed by atoms with E-state index in [9.17, 15) is 20.0 Å². The molecule has 27 heavy (non-hydrogen) atoms. The maximum atomic E-state index is 12.9. The summed E-state index contributed by atoms with van der Waals surface area (Å²) in [7, 11) is 0. The third kappa shape index (κ3) is 2.68. The predicted octanol–water partition coefficient (Wildman–Crippen LogP) is 3.51. The van der Waals surface area contributed by atoms with Crippen LogP contribution in [0.4, 0.5) is 10.5 Å². The van der Waals surface area contributed by atoms with Crippen LogP contribution in [0.5, 0.6) is 5.75 Å². The van der Waals surface area contributed by atoms with Crippen LogP contribution in [0.25, 0.3) is 16.8 Å². The number of nitriles is 1. The number of para-hydroxylation sites is 1. The summed E-state index contributed by atoms with van der Waals surface area (Å²) in [6.07, 6.45) is 1.43. The Bertz CT molecular complexity index is 1170. The number of imide groups is 1.